The first-order valence-corrected chi connectivity index (χ1v) is 8.50. The Hall–Kier alpha value is -0.130. The van der Waals surface area contributed by atoms with E-state index in [2.05, 4.69) is 26.1 Å². The van der Waals surface area contributed by atoms with E-state index < -0.39 is 10.0 Å². The Balaban J connectivity index is 2.45. The molecule has 0 saturated carbocycles. The number of nitrogens with one attached hydrogen (secondary N) is 1. The summed E-state index contributed by atoms with van der Waals surface area (Å²) in [6.07, 6.45) is 2.67. The summed E-state index contributed by atoms with van der Waals surface area (Å²) >= 11 is 0. The van der Waals surface area contributed by atoms with E-state index in [-0.39, 0.29) is 5.41 Å². The molecule has 0 aromatic carbocycles. The van der Waals surface area contributed by atoms with Gasteiger partial charge in [0.1, 0.15) is 0 Å². The van der Waals surface area contributed by atoms with Crippen LogP contribution in [0.5, 0.6) is 0 Å². The monoisotopic (exact) mass is 276 g/mol. The molecule has 0 aromatic rings. The average molecular weight is 276 g/mol. The van der Waals surface area contributed by atoms with Crippen LogP contribution in [-0.2, 0) is 10.0 Å². The Morgan fingerprint density at radius 1 is 1.28 bits per heavy atom. The fourth-order valence-corrected chi connectivity index (χ4v) is 4.02. The third-order valence-corrected chi connectivity index (χ3v) is 5.77. The van der Waals surface area contributed by atoms with Crippen molar-refractivity contribution in [2.45, 2.75) is 40.0 Å². The van der Waals surface area contributed by atoms with Crippen molar-refractivity contribution < 1.29 is 8.42 Å². The standard InChI is InChI=1S/C13H28N2O2S/c1-13(2,3)12-7-9-15(11-12)18(16,17)10-6-5-8-14-4/h12,14H,5-11H2,1-4H3. The number of hydrogen-bond acceptors (Lipinski definition) is 3. The van der Waals surface area contributed by atoms with Crippen molar-refractivity contribution >= 4 is 10.0 Å². The van der Waals surface area contributed by atoms with Crippen molar-refractivity contribution in [1.29, 1.82) is 0 Å². The Morgan fingerprint density at radius 3 is 2.44 bits per heavy atom. The Bertz CT molecular complexity index is 346. The van der Waals surface area contributed by atoms with Crippen molar-refractivity contribution in [1.82, 2.24) is 9.62 Å². The minimum atomic E-state index is -3.03. The minimum Gasteiger partial charge on any atom is -0.320 e. The molecule has 5 heteroatoms. The Labute approximate surface area is 112 Å². The summed E-state index contributed by atoms with van der Waals surface area (Å²) in [5.74, 6) is 0.788. The molecule has 108 valence electrons. The SMILES string of the molecule is CNCCCCS(=O)(=O)N1CCC(C(C)(C)C)C1. The molecule has 1 saturated heterocycles. The molecule has 0 aromatic heterocycles. The normalized spacial score (nSPS) is 22.6. The highest BCUT2D eigenvalue weighted by atomic mass is 32.2. The zero-order valence-electron chi connectivity index (χ0n) is 12.2. The lowest BCUT2D eigenvalue weighted by Crippen LogP contribution is -2.33. The summed E-state index contributed by atoms with van der Waals surface area (Å²) in [4.78, 5) is 0. The lowest BCUT2D eigenvalue weighted by molar-refractivity contribution is 0.252. The van der Waals surface area contributed by atoms with Crippen molar-refractivity contribution in [2.75, 3.05) is 32.4 Å². The molecule has 0 spiro atoms. The van der Waals surface area contributed by atoms with Crippen LogP contribution in [0, 0.1) is 11.3 Å². The molecule has 1 N–H and O–H groups in total. The van der Waals surface area contributed by atoms with Gasteiger partial charge in [0.25, 0.3) is 0 Å². The molecule has 0 radical (unpaired) electrons. The fourth-order valence-electron chi connectivity index (χ4n) is 2.40. The molecule has 1 aliphatic rings. The van der Waals surface area contributed by atoms with Gasteiger partial charge in [-0.1, -0.05) is 20.8 Å². The summed E-state index contributed by atoms with van der Waals surface area (Å²) < 4.78 is 26.0. The van der Waals surface area contributed by atoms with Gasteiger partial charge in [-0.05, 0) is 44.2 Å². The smallest absolute Gasteiger partial charge is 0.214 e. The molecule has 1 heterocycles. The molecule has 0 aliphatic carbocycles. The quantitative estimate of drug-likeness (QED) is 0.751. The fraction of sp³-hybridized carbons (Fsp3) is 1.00. The van der Waals surface area contributed by atoms with Crippen molar-refractivity contribution in [3.8, 4) is 0 Å². The maximum Gasteiger partial charge on any atom is 0.214 e. The molecule has 1 atom stereocenters. The number of hydrogen-bond donors (Lipinski definition) is 1. The first-order chi connectivity index (χ1) is 8.27. The van der Waals surface area contributed by atoms with Crippen LogP contribution in [0.15, 0.2) is 0 Å². The van der Waals surface area contributed by atoms with Gasteiger partial charge >= 0.3 is 0 Å². The van der Waals surface area contributed by atoms with Gasteiger partial charge in [0.15, 0.2) is 0 Å². The largest absolute Gasteiger partial charge is 0.320 e. The van der Waals surface area contributed by atoms with Crippen LogP contribution < -0.4 is 5.32 Å². The summed E-state index contributed by atoms with van der Waals surface area (Å²) in [5.41, 5.74) is 0.205. The molecule has 18 heavy (non-hydrogen) atoms. The van der Waals surface area contributed by atoms with Gasteiger partial charge in [-0.3, -0.25) is 0 Å². The van der Waals surface area contributed by atoms with Crippen LogP contribution >= 0.6 is 0 Å². The Kier molecular flexibility index (Phi) is 5.62. The van der Waals surface area contributed by atoms with Crippen LogP contribution in [0.4, 0.5) is 0 Å². The van der Waals surface area contributed by atoms with Gasteiger partial charge in [-0.25, -0.2) is 12.7 Å². The highest BCUT2D eigenvalue weighted by molar-refractivity contribution is 7.89. The predicted octanol–water partition coefficient (Wildman–Crippen LogP) is 1.68. The van der Waals surface area contributed by atoms with Crippen LogP contribution in [0.3, 0.4) is 0 Å². The molecule has 1 unspecified atom stereocenters. The summed E-state index contributed by atoms with van der Waals surface area (Å²) in [6, 6.07) is 0. The van der Waals surface area contributed by atoms with E-state index in [0.717, 1.165) is 25.8 Å². The molecular formula is C13H28N2O2S. The average Bonchev–Trinajstić information content (AvgIpc) is 2.73. The molecule has 0 amide bonds. The van der Waals surface area contributed by atoms with Gasteiger partial charge in [0.05, 0.1) is 5.75 Å². The summed E-state index contributed by atoms with van der Waals surface area (Å²) in [7, 11) is -1.14. The number of nitrogens with zero attached hydrogens (tertiary/aromatic N) is 1. The van der Waals surface area contributed by atoms with Crippen molar-refractivity contribution in [2.24, 2.45) is 11.3 Å². The first-order valence-electron chi connectivity index (χ1n) is 6.90. The Morgan fingerprint density at radius 2 is 1.94 bits per heavy atom. The molecule has 1 aliphatic heterocycles. The highest BCUT2D eigenvalue weighted by Crippen LogP contribution is 2.34. The molecular weight excluding hydrogens is 248 g/mol. The lowest BCUT2D eigenvalue weighted by atomic mass is 9.80. The zero-order chi connectivity index (χ0) is 13.8. The van der Waals surface area contributed by atoms with Gasteiger partial charge < -0.3 is 5.32 Å². The van der Waals surface area contributed by atoms with Gasteiger partial charge in [0.2, 0.25) is 10.0 Å². The second kappa shape index (κ2) is 6.35. The van der Waals surface area contributed by atoms with E-state index in [1.165, 1.54) is 0 Å². The second-order valence-electron chi connectivity index (χ2n) is 6.34. The maximum absolute atomic E-state index is 12.2. The molecule has 4 nitrogen and oxygen atoms in total. The first kappa shape index (κ1) is 15.9. The molecule has 1 rings (SSSR count). The van der Waals surface area contributed by atoms with Crippen LogP contribution in [0.1, 0.15) is 40.0 Å². The maximum atomic E-state index is 12.2. The van der Waals surface area contributed by atoms with Gasteiger partial charge in [-0.2, -0.15) is 0 Å². The number of rotatable bonds is 6. The number of unbranched alkanes of at least 4 members (excludes halogenated alkanes) is 1. The summed E-state index contributed by atoms with van der Waals surface area (Å²) in [6.45, 7) is 8.89. The van der Waals surface area contributed by atoms with E-state index >= 15 is 0 Å². The zero-order valence-corrected chi connectivity index (χ0v) is 13.0. The van der Waals surface area contributed by atoms with Crippen molar-refractivity contribution in [3.63, 3.8) is 0 Å². The third kappa shape index (κ3) is 4.52. The third-order valence-electron chi connectivity index (χ3n) is 3.85. The topological polar surface area (TPSA) is 49.4 Å². The van der Waals surface area contributed by atoms with Crippen LogP contribution in [-0.4, -0.2) is 45.2 Å². The molecule has 1 fully saturated rings. The van der Waals surface area contributed by atoms with Crippen LogP contribution in [0.2, 0.25) is 0 Å². The van der Waals surface area contributed by atoms with Gasteiger partial charge in [0, 0.05) is 13.1 Å². The van der Waals surface area contributed by atoms with E-state index in [1.54, 1.807) is 4.31 Å². The minimum absolute atomic E-state index is 0.205. The lowest BCUT2D eigenvalue weighted by Gasteiger charge is -2.26. The highest BCUT2D eigenvalue weighted by Gasteiger charge is 2.36. The van der Waals surface area contributed by atoms with E-state index in [1.807, 2.05) is 7.05 Å². The molecule has 0 bridgehead atoms. The predicted molar refractivity (Wildman–Crippen MR) is 76.1 cm³/mol. The van der Waals surface area contributed by atoms with E-state index in [0.29, 0.717) is 24.8 Å². The van der Waals surface area contributed by atoms with E-state index in [4.69, 9.17) is 0 Å². The summed E-state index contributed by atoms with van der Waals surface area (Å²) in [5, 5.41) is 3.04. The second-order valence-corrected chi connectivity index (χ2v) is 8.42. The van der Waals surface area contributed by atoms with Gasteiger partial charge in [-0.15, -0.1) is 0 Å². The van der Waals surface area contributed by atoms with Crippen molar-refractivity contribution in [3.05, 3.63) is 0 Å². The van der Waals surface area contributed by atoms with E-state index in [9.17, 15) is 8.42 Å². The number of sulfonamides is 1. The van der Waals surface area contributed by atoms with Crippen LogP contribution in [0.25, 0.3) is 0 Å².